The molecule has 0 amide bonds. The average Bonchev–Trinajstić information content (AvgIpc) is 2.70. The molecule has 0 saturated carbocycles. The minimum atomic E-state index is -0.785. The van der Waals surface area contributed by atoms with Crippen molar-refractivity contribution in [3.05, 3.63) is 29.3 Å². The SMILES string of the molecule is COC(=O)C(N)c1nc2ccccc2s1. The van der Waals surface area contributed by atoms with Crippen LogP contribution in [0.4, 0.5) is 0 Å². The Morgan fingerprint density at radius 3 is 2.93 bits per heavy atom. The van der Waals surface area contributed by atoms with E-state index in [2.05, 4.69) is 9.72 Å². The molecule has 0 aliphatic rings. The number of methoxy groups -OCH3 is 1. The molecule has 15 heavy (non-hydrogen) atoms. The number of esters is 1. The molecule has 0 aliphatic heterocycles. The van der Waals surface area contributed by atoms with Crippen LogP contribution in [0.1, 0.15) is 11.0 Å². The summed E-state index contributed by atoms with van der Waals surface area (Å²) in [5.41, 5.74) is 6.54. The molecular formula is C10H10N2O2S. The van der Waals surface area contributed by atoms with E-state index in [1.54, 1.807) is 0 Å². The molecule has 0 bridgehead atoms. The van der Waals surface area contributed by atoms with Gasteiger partial charge in [0.05, 0.1) is 17.3 Å². The fourth-order valence-corrected chi connectivity index (χ4v) is 2.21. The van der Waals surface area contributed by atoms with Gasteiger partial charge < -0.3 is 10.5 Å². The molecule has 2 aromatic rings. The van der Waals surface area contributed by atoms with E-state index in [0.717, 1.165) is 10.2 Å². The Labute approximate surface area is 90.7 Å². The van der Waals surface area contributed by atoms with Crippen LogP contribution in [0, 0.1) is 0 Å². The van der Waals surface area contributed by atoms with E-state index in [0.29, 0.717) is 5.01 Å². The maximum atomic E-state index is 11.2. The molecule has 0 spiro atoms. The van der Waals surface area contributed by atoms with Crippen molar-refractivity contribution >= 4 is 27.5 Å². The average molecular weight is 222 g/mol. The summed E-state index contributed by atoms with van der Waals surface area (Å²) in [7, 11) is 1.31. The number of ether oxygens (including phenoxy) is 1. The van der Waals surface area contributed by atoms with Crippen molar-refractivity contribution in [2.24, 2.45) is 5.73 Å². The Kier molecular flexibility index (Phi) is 2.66. The standard InChI is InChI=1S/C10H10N2O2S/c1-14-10(13)8(11)9-12-6-4-2-3-5-7(6)15-9/h2-5,8H,11H2,1H3. The first-order valence-corrected chi connectivity index (χ1v) is 5.23. The van der Waals surface area contributed by atoms with Crippen LogP contribution in [-0.4, -0.2) is 18.1 Å². The van der Waals surface area contributed by atoms with E-state index in [1.807, 2.05) is 24.3 Å². The van der Waals surface area contributed by atoms with Gasteiger partial charge in [-0.1, -0.05) is 12.1 Å². The first kappa shape index (κ1) is 10.1. The summed E-state index contributed by atoms with van der Waals surface area (Å²) in [6.07, 6.45) is 0. The number of rotatable bonds is 2. The lowest BCUT2D eigenvalue weighted by Crippen LogP contribution is -2.22. The molecule has 1 aromatic heterocycles. The number of thiazole rings is 1. The van der Waals surface area contributed by atoms with Gasteiger partial charge >= 0.3 is 5.97 Å². The summed E-state index contributed by atoms with van der Waals surface area (Å²) < 4.78 is 5.59. The van der Waals surface area contributed by atoms with Crippen LogP contribution in [0.5, 0.6) is 0 Å². The fourth-order valence-electron chi connectivity index (χ4n) is 1.25. The Balaban J connectivity index is 2.40. The topological polar surface area (TPSA) is 65.2 Å². The van der Waals surface area contributed by atoms with E-state index in [9.17, 15) is 4.79 Å². The number of hydrogen-bond donors (Lipinski definition) is 1. The number of benzene rings is 1. The first-order valence-electron chi connectivity index (χ1n) is 4.41. The van der Waals surface area contributed by atoms with Crippen molar-refractivity contribution in [1.82, 2.24) is 4.98 Å². The fraction of sp³-hybridized carbons (Fsp3) is 0.200. The van der Waals surface area contributed by atoms with Crippen LogP contribution in [0.15, 0.2) is 24.3 Å². The van der Waals surface area contributed by atoms with Gasteiger partial charge in [-0.3, -0.25) is 0 Å². The summed E-state index contributed by atoms with van der Waals surface area (Å²) >= 11 is 1.41. The van der Waals surface area contributed by atoms with E-state index in [4.69, 9.17) is 5.73 Å². The number of aromatic nitrogens is 1. The zero-order valence-electron chi connectivity index (χ0n) is 8.14. The van der Waals surface area contributed by atoms with Crippen LogP contribution in [0.2, 0.25) is 0 Å². The lowest BCUT2D eigenvalue weighted by atomic mass is 10.3. The van der Waals surface area contributed by atoms with Gasteiger partial charge in [0.2, 0.25) is 0 Å². The van der Waals surface area contributed by atoms with Crippen molar-refractivity contribution in [2.75, 3.05) is 7.11 Å². The van der Waals surface area contributed by atoms with Gasteiger partial charge in [-0.2, -0.15) is 0 Å². The van der Waals surface area contributed by atoms with Crippen LogP contribution in [0.3, 0.4) is 0 Å². The summed E-state index contributed by atoms with van der Waals surface area (Å²) in [6, 6.07) is 6.87. The monoisotopic (exact) mass is 222 g/mol. The van der Waals surface area contributed by atoms with Gasteiger partial charge in [-0.05, 0) is 12.1 Å². The highest BCUT2D eigenvalue weighted by Crippen LogP contribution is 2.25. The van der Waals surface area contributed by atoms with Crippen LogP contribution in [-0.2, 0) is 9.53 Å². The van der Waals surface area contributed by atoms with Crippen molar-refractivity contribution in [3.63, 3.8) is 0 Å². The number of nitrogens with two attached hydrogens (primary N) is 1. The van der Waals surface area contributed by atoms with Crippen molar-refractivity contribution in [1.29, 1.82) is 0 Å². The number of carbonyl (C=O) groups excluding carboxylic acids is 1. The lowest BCUT2D eigenvalue weighted by molar-refractivity contribution is -0.142. The predicted octanol–water partition coefficient (Wildman–Crippen LogP) is 1.47. The molecule has 2 N–H and O–H groups in total. The molecule has 0 saturated heterocycles. The van der Waals surface area contributed by atoms with Gasteiger partial charge in [0.1, 0.15) is 5.01 Å². The highest BCUT2D eigenvalue weighted by atomic mass is 32.1. The number of nitrogens with zero attached hydrogens (tertiary/aromatic N) is 1. The van der Waals surface area contributed by atoms with E-state index >= 15 is 0 Å². The summed E-state index contributed by atoms with van der Waals surface area (Å²) in [4.78, 5) is 15.5. The van der Waals surface area contributed by atoms with Crippen LogP contribution >= 0.6 is 11.3 Å². The highest BCUT2D eigenvalue weighted by Gasteiger charge is 2.20. The molecule has 1 atom stereocenters. The third-order valence-corrected chi connectivity index (χ3v) is 3.15. The summed E-state index contributed by atoms with van der Waals surface area (Å²) in [6.45, 7) is 0. The van der Waals surface area contributed by atoms with Gasteiger partial charge in [0, 0.05) is 0 Å². The maximum absolute atomic E-state index is 11.2. The van der Waals surface area contributed by atoms with E-state index in [1.165, 1.54) is 18.4 Å². The maximum Gasteiger partial charge on any atom is 0.329 e. The zero-order valence-corrected chi connectivity index (χ0v) is 8.95. The molecule has 0 fully saturated rings. The molecule has 1 aromatic carbocycles. The van der Waals surface area contributed by atoms with Crippen LogP contribution < -0.4 is 5.73 Å². The highest BCUT2D eigenvalue weighted by molar-refractivity contribution is 7.18. The van der Waals surface area contributed by atoms with Gasteiger partial charge in [-0.25, -0.2) is 9.78 Å². The smallest absolute Gasteiger partial charge is 0.329 e. The zero-order chi connectivity index (χ0) is 10.8. The molecule has 1 unspecified atom stereocenters. The molecule has 5 heteroatoms. The number of para-hydroxylation sites is 1. The van der Waals surface area contributed by atoms with Gasteiger partial charge in [0.15, 0.2) is 6.04 Å². The van der Waals surface area contributed by atoms with Crippen molar-refractivity contribution in [3.8, 4) is 0 Å². The number of fused-ring (bicyclic) bond motifs is 1. The van der Waals surface area contributed by atoms with E-state index < -0.39 is 12.0 Å². The Hall–Kier alpha value is -1.46. The molecular weight excluding hydrogens is 212 g/mol. The molecule has 4 nitrogen and oxygen atoms in total. The van der Waals surface area contributed by atoms with E-state index in [-0.39, 0.29) is 0 Å². The van der Waals surface area contributed by atoms with Gasteiger partial charge in [-0.15, -0.1) is 11.3 Å². The second kappa shape index (κ2) is 3.96. The third-order valence-electron chi connectivity index (χ3n) is 2.03. The molecule has 1 heterocycles. The minimum absolute atomic E-state index is 0.464. The molecule has 0 radical (unpaired) electrons. The second-order valence-electron chi connectivity index (χ2n) is 3.02. The molecule has 2 rings (SSSR count). The molecule has 78 valence electrons. The normalized spacial score (nSPS) is 12.7. The minimum Gasteiger partial charge on any atom is -0.468 e. The second-order valence-corrected chi connectivity index (χ2v) is 4.08. The van der Waals surface area contributed by atoms with Crippen molar-refractivity contribution < 1.29 is 9.53 Å². The Morgan fingerprint density at radius 1 is 1.53 bits per heavy atom. The third kappa shape index (κ3) is 1.84. The molecule has 0 aliphatic carbocycles. The largest absolute Gasteiger partial charge is 0.468 e. The van der Waals surface area contributed by atoms with Crippen molar-refractivity contribution in [2.45, 2.75) is 6.04 Å². The Morgan fingerprint density at radius 2 is 2.27 bits per heavy atom. The first-order chi connectivity index (χ1) is 7.22. The van der Waals surface area contributed by atoms with Gasteiger partial charge in [0.25, 0.3) is 0 Å². The summed E-state index contributed by atoms with van der Waals surface area (Å²) in [5.74, 6) is -0.464. The number of hydrogen-bond acceptors (Lipinski definition) is 5. The lowest BCUT2D eigenvalue weighted by Gasteiger charge is -2.03. The Bertz CT molecular complexity index is 462. The number of carbonyl (C=O) groups is 1. The predicted molar refractivity (Wildman–Crippen MR) is 58.6 cm³/mol. The summed E-state index contributed by atoms with van der Waals surface area (Å²) in [5, 5.41) is 0.586. The quantitative estimate of drug-likeness (QED) is 0.781. The van der Waals surface area contributed by atoms with Crippen LogP contribution in [0.25, 0.3) is 10.2 Å².